The van der Waals surface area contributed by atoms with E-state index in [0.717, 1.165) is 58.1 Å². The van der Waals surface area contributed by atoms with E-state index in [9.17, 15) is 4.79 Å². The molecule has 2 aliphatic heterocycles. The summed E-state index contributed by atoms with van der Waals surface area (Å²) >= 11 is 0. The molecule has 33 heavy (non-hydrogen) atoms. The van der Waals surface area contributed by atoms with Crippen molar-refractivity contribution in [3.05, 3.63) is 66.4 Å². The minimum absolute atomic E-state index is 0.156. The Morgan fingerprint density at radius 1 is 0.939 bits per heavy atom. The molecule has 1 amide bonds. The van der Waals surface area contributed by atoms with Crippen molar-refractivity contribution in [2.24, 2.45) is 0 Å². The number of carbonyl (C=O) groups is 1. The van der Waals surface area contributed by atoms with Gasteiger partial charge in [-0.15, -0.1) is 10.2 Å². The van der Waals surface area contributed by atoms with Crippen molar-refractivity contribution in [1.82, 2.24) is 20.1 Å². The summed E-state index contributed by atoms with van der Waals surface area (Å²) < 4.78 is 10.8. The van der Waals surface area contributed by atoms with Gasteiger partial charge in [-0.3, -0.25) is 4.79 Å². The number of anilines is 1. The monoisotopic (exact) mass is 441 g/mol. The lowest BCUT2D eigenvalue weighted by atomic mass is 10.1. The molecule has 6 rings (SSSR count). The second kappa shape index (κ2) is 8.12. The lowest BCUT2D eigenvalue weighted by molar-refractivity contribution is -0.130. The molecule has 0 bridgehead atoms. The Morgan fingerprint density at radius 2 is 1.79 bits per heavy atom. The van der Waals surface area contributed by atoms with Crippen molar-refractivity contribution >= 4 is 22.6 Å². The standard InChI is InChI=1S/C25H23N5O3/c31-25(14-18-15-26-21-4-2-1-3-19(18)21)30-11-9-29(10-12-30)24-8-6-20(27-28-24)17-5-7-22-23(13-17)33-16-32-22/h1-8,13,15,26H,9-12,14,16H2. The van der Waals surface area contributed by atoms with Crippen LogP contribution in [0.4, 0.5) is 5.82 Å². The van der Waals surface area contributed by atoms with Crippen LogP contribution < -0.4 is 14.4 Å². The van der Waals surface area contributed by atoms with E-state index in [1.165, 1.54) is 0 Å². The number of nitrogens with one attached hydrogen (secondary N) is 1. The molecular weight excluding hydrogens is 418 g/mol. The molecule has 2 aromatic carbocycles. The van der Waals surface area contributed by atoms with Crippen LogP contribution in [0.5, 0.6) is 11.5 Å². The molecule has 0 aliphatic carbocycles. The topological polar surface area (TPSA) is 83.6 Å². The summed E-state index contributed by atoms with van der Waals surface area (Å²) in [4.78, 5) is 20.2. The summed E-state index contributed by atoms with van der Waals surface area (Å²) in [5, 5.41) is 9.96. The maximum absolute atomic E-state index is 12.9. The van der Waals surface area contributed by atoms with Crippen LogP contribution in [0.25, 0.3) is 22.2 Å². The molecule has 2 aromatic heterocycles. The number of aromatic amines is 1. The molecular formula is C25H23N5O3. The highest BCUT2D eigenvalue weighted by atomic mass is 16.7. The van der Waals surface area contributed by atoms with E-state index >= 15 is 0 Å². The highest BCUT2D eigenvalue weighted by Gasteiger charge is 2.23. The van der Waals surface area contributed by atoms with Crippen molar-refractivity contribution in [3.63, 3.8) is 0 Å². The molecule has 0 radical (unpaired) electrons. The van der Waals surface area contributed by atoms with Gasteiger partial charge < -0.3 is 24.3 Å². The van der Waals surface area contributed by atoms with E-state index in [2.05, 4.69) is 26.1 Å². The van der Waals surface area contributed by atoms with E-state index in [-0.39, 0.29) is 12.7 Å². The van der Waals surface area contributed by atoms with Crippen LogP contribution in [0.1, 0.15) is 5.56 Å². The van der Waals surface area contributed by atoms with Crippen LogP contribution in [0.15, 0.2) is 60.8 Å². The van der Waals surface area contributed by atoms with E-state index in [1.54, 1.807) is 0 Å². The van der Waals surface area contributed by atoms with Gasteiger partial charge in [0.05, 0.1) is 12.1 Å². The lowest BCUT2D eigenvalue weighted by Gasteiger charge is -2.35. The number of amides is 1. The minimum Gasteiger partial charge on any atom is -0.454 e. The predicted molar refractivity (Wildman–Crippen MR) is 124 cm³/mol. The normalized spacial score (nSPS) is 15.3. The van der Waals surface area contributed by atoms with Gasteiger partial charge in [-0.05, 0) is 42.0 Å². The third-order valence-corrected chi connectivity index (χ3v) is 6.29. The molecule has 166 valence electrons. The summed E-state index contributed by atoms with van der Waals surface area (Å²) in [7, 11) is 0. The maximum Gasteiger partial charge on any atom is 0.231 e. The summed E-state index contributed by atoms with van der Waals surface area (Å²) in [6.07, 6.45) is 2.35. The first kappa shape index (κ1) is 19.6. The zero-order valence-corrected chi connectivity index (χ0v) is 18.0. The summed E-state index contributed by atoms with van der Waals surface area (Å²) in [5.41, 5.74) is 3.83. The van der Waals surface area contributed by atoms with Gasteiger partial charge in [-0.2, -0.15) is 0 Å². The predicted octanol–water partition coefficient (Wildman–Crippen LogP) is 3.24. The Hall–Kier alpha value is -4.07. The Labute approximate surface area is 190 Å². The summed E-state index contributed by atoms with van der Waals surface area (Å²) in [6, 6.07) is 17.8. The second-order valence-electron chi connectivity index (χ2n) is 8.25. The first-order chi connectivity index (χ1) is 16.2. The summed E-state index contributed by atoms with van der Waals surface area (Å²) in [5.74, 6) is 2.46. The fourth-order valence-corrected chi connectivity index (χ4v) is 4.44. The summed E-state index contributed by atoms with van der Waals surface area (Å²) in [6.45, 7) is 3.06. The first-order valence-corrected chi connectivity index (χ1v) is 11.1. The van der Waals surface area contributed by atoms with Gasteiger partial charge in [0.15, 0.2) is 17.3 Å². The highest BCUT2D eigenvalue weighted by molar-refractivity contribution is 5.89. The van der Waals surface area contributed by atoms with E-state index in [1.807, 2.05) is 59.6 Å². The number of aromatic nitrogens is 3. The van der Waals surface area contributed by atoms with Crippen LogP contribution in [0.3, 0.4) is 0 Å². The molecule has 8 nitrogen and oxygen atoms in total. The SMILES string of the molecule is O=C(Cc1c[nH]c2ccccc12)N1CCN(c2ccc(-c3ccc4c(c3)OCO4)nn2)CC1. The highest BCUT2D eigenvalue weighted by Crippen LogP contribution is 2.35. The van der Waals surface area contributed by atoms with Crippen molar-refractivity contribution in [3.8, 4) is 22.8 Å². The van der Waals surface area contributed by atoms with Crippen LogP contribution in [0, 0.1) is 0 Å². The number of para-hydroxylation sites is 1. The van der Waals surface area contributed by atoms with Crippen molar-refractivity contribution < 1.29 is 14.3 Å². The van der Waals surface area contributed by atoms with Gasteiger partial charge in [-0.1, -0.05) is 18.2 Å². The van der Waals surface area contributed by atoms with Crippen molar-refractivity contribution in [2.75, 3.05) is 37.9 Å². The molecule has 0 spiro atoms. The Balaban J connectivity index is 1.08. The third-order valence-electron chi connectivity index (χ3n) is 6.29. The average molecular weight is 441 g/mol. The zero-order valence-electron chi connectivity index (χ0n) is 18.0. The number of carbonyl (C=O) groups excluding carboxylic acids is 1. The van der Waals surface area contributed by atoms with Crippen LogP contribution in [-0.4, -0.2) is 59.0 Å². The first-order valence-electron chi connectivity index (χ1n) is 11.1. The van der Waals surface area contributed by atoms with E-state index in [4.69, 9.17) is 9.47 Å². The lowest BCUT2D eigenvalue weighted by Crippen LogP contribution is -2.49. The number of hydrogen-bond donors (Lipinski definition) is 1. The quantitative estimate of drug-likeness (QED) is 0.524. The molecule has 4 aromatic rings. The molecule has 2 aliphatic rings. The number of rotatable bonds is 4. The number of benzene rings is 2. The minimum atomic E-state index is 0.156. The van der Waals surface area contributed by atoms with E-state index < -0.39 is 0 Å². The smallest absolute Gasteiger partial charge is 0.231 e. The number of nitrogens with zero attached hydrogens (tertiary/aromatic N) is 4. The number of piperazine rings is 1. The van der Waals surface area contributed by atoms with Gasteiger partial charge in [0.1, 0.15) is 0 Å². The van der Waals surface area contributed by atoms with Gasteiger partial charge in [0, 0.05) is 48.8 Å². The zero-order chi connectivity index (χ0) is 22.2. The van der Waals surface area contributed by atoms with Crippen LogP contribution in [-0.2, 0) is 11.2 Å². The molecule has 1 fully saturated rings. The Morgan fingerprint density at radius 3 is 2.64 bits per heavy atom. The van der Waals surface area contributed by atoms with Gasteiger partial charge in [0.25, 0.3) is 0 Å². The Kier molecular flexibility index (Phi) is 4.83. The van der Waals surface area contributed by atoms with Gasteiger partial charge in [-0.25, -0.2) is 0 Å². The molecule has 0 saturated carbocycles. The largest absolute Gasteiger partial charge is 0.454 e. The molecule has 0 unspecified atom stereocenters. The Bertz CT molecular complexity index is 1310. The van der Waals surface area contributed by atoms with Crippen LogP contribution >= 0.6 is 0 Å². The van der Waals surface area contributed by atoms with E-state index in [0.29, 0.717) is 19.5 Å². The fourth-order valence-electron chi connectivity index (χ4n) is 4.44. The van der Waals surface area contributed by atoms with Crippen LogP contribution in [0.2, 0.25) is 0 Å². The molecule has 1 saturated heterocycles. The average Bonchev–Trinajstić information content (AvgIpc) is 3.51. The number of H-pyrrole nitrogens is 1. The second-order valence-corrected chi connectivity index (χ2v) is 8.25. The number of ether oxygens (including phenoxy) is 2. The number of fused-ring (bicyclic) bond motifs is 2. The fraction of sp³-hybridized carbons (Fsp3) is 0.240. The number of hydrogen-bond acceptors (Lipinski definition) is 6. The maximum atomic E-state index is 12.9. The molecule has 4 heterocycles. The molecule has 0 atom stereocenters. The van der Waals surface area contributed by atoms with Gasteiger partial charge in [0.2, 0.25) is 12.7 Å². The van der Waals surface area contributed by atoms with Crippen molar-refractivity contribution in [2.45, 2.75) is 6.42 Å². The molecule has 1 N–H and O–H groups in total. The van der Waals surface area contributed by atoms with Gasteiger partial charge >= 0.3 is 0 Å². The van der Waals surface area contributed by atoms with Crippen molar-refractivity contribution in [1.29, 1.82) is 0 Å². The molecule has 8 heteroatoms. The third kappa shape index (κ3) is 3.73.